The summed E-state index contributed by atoms with van der Waals surface area (Å²) in [7, 11) is 2.24. The summed E-state index contributed by atoms with van der Waals surface area (Å²) in [5, 5.41) is 11.1. The lowest BCUT2D eigenvalue weighted by atomic mass is 9.99. The molecule has 0 aromatic carbocycles. The summed E-state index contributed by atoms with van der Waals surface area (Å²) >= 11 is 0. The van der Waals surface area contributed by atoms with Crippen LogP contribution in [0.3, 0.4) is 0 Å². The van der Waals surface area contributed by atoms with Crippen molar-refractivity contribution in [3.05, 3.63) is 11.1 Å². The number of hydrogen-bond acceptors (Lipinski definition) is 3. The Morgan fingerprint density at radius 3 is 2.41 bits per heavy atom. The molecular weight excluding hydrogens is 270 g/mol. The number of allylic oxidation sites excluding steroid dienone is 1. The second-order valence-electron chi connectivity index (χ2n) is 6.53. The lowest BCUT2D eigenvalue weighted by molar-refractivity contribution is 0.206. The molecule has 2 atom stereocenters. The fourth-order valence-corrected chi connectivity index (χ4v) is 3.21. The Morgan fingerprint density at radius 2 is 1.91 bits per heavy atom. The molecule has 0 amide bonds. The molecule has 3 nitrogen and oxygen atoms in total. The maximum absolute atomic E-state index is 7.39. The predicted octanol–water partition coefficient (Wildman–Crippen LogP) is 4.63. The molecule has 0 aliphatic carbocycles. The first-order chi connectivity index (χ1) is 10.5. The molecule has 3 heteroatoms. The van der Waals surface area contributed by atoms with Gasteiger partial charge in [0.2, 0.25) is 0 Å². The van der Waals surface area contributed by atoms with Crippen LogP contribution in [0.5, 0.6) is 0 Å². The molecule has 0 rings (SSSR count). The molecule has 2 N–H and O–H groups in total. The maximum atomic E-state index is 7.39. The van der Waals surface area contributed by atoms with E-state index in [9.17, 15) is 0 Å². The molecule has 22 heavy (non-hydrogen) atoms. The average molecular weight is 310 g/mol. The SMILES string of the molecule is CCCCNC(C)C(CC)N(C)C/C(C)=C(/CC=N)CCC. The Morgan fingerprint density at radius 1 is 1.23 bits per heavy atom. The maximum Gasteiger partial charge on any atom is 0.0244 e. The average Bonchev–Trinajstić information content (AvgIpc) is 2.48. The Bertz CT molecular complexity index is 323. The minimum Gasteiger partial charge on any atom is -0.313 e. The first-order valence-electron chi connectivity index (χ1n) is 9.11. The van der Waals surface area contributed by atoms with E-state index in [1.807, 2.05) is 0 Å². The van der Waals surface area contributed by atoms with Crippen LogP contribution in [0.15, 0.2) is 11.1 Å². The van der Waals surface area contributed by atoms with Gasteiger partial charge in [-0.05, 0) is 52.9 Å². The Balaban J connectivity index is 4.70. The van der Waals surface area contributed by atoms with Crippen molar-refractivity contribution in [2.75, 3.05) is 20.1 Å². The summed E-state index contributed by atoms with van der Waals surface area (Å²) in [5.74, 6) is 0. The molecule has 0 aromatic rings. The van der Waals surface area contributed by atoms with Crippen LogP contribution in [-0.4, -0.2) is 43.3 Å². The van der Waals surface area contributed by atoms with E-state index in [4.69, 9.17) is 5.41 Å². The van der Waals surface area contributed by atoms with Crippen LogP contribution in [0.2, 0.25) is 0 Å². The van der Waals surface area contributed by atoms with Crippen molar-refractivity contribution in [1.82, 2.24) is 10.2 Å². The van der Waals surface area contributed by atoms with Crippen LogP contribution in [0.1, 0.15) is 73.1 Å². The number of unbranched alkanes of at least 4 members (excludes halogenated alkanes) is 1. The summed E-state index contributed by atoms with van der Waals surface area (Å²) < 4.78 is 0. The van der Waals surface area contributed by atoms with Crippen molar-refractivity contribution in [3.8, 4) is 0 Å². The van der Waals surface area contributed by atoms with E-state index in [0.717, 1.165) is 38.8 Å². The van der Waals surface area contributed by atoms with Crippen LogP contribution in [0, 0.1) is 5.41 Å². The molecule has 0 radical (unpaired) electrons. The van der Waals surface area contributed by atoms with E-state index in [0.29, 0.717) is 12.1 Å². The molecule has 0 saturated carbocycles. The molecule has 0 aromatic heterocycles. The molecule has 0 saturated heterocycles. The first kappa shape index (κ1) is 21.3. The molecule has 0 aliphatic rings. The molecule has 2 unspecified atom stereocenters. The fourth-order valence-electron chi connectivity index (χ4n) is 3.21. The number of hydrogen-bond donors (Lipinski definition) is 2. The summed E-state index contributed by atoms with van der Waals surface area (Å²) in [4.78, 5) is 2.48. The second kappa shape index (κ2) is 12.8. The van der Waals surface area contributed by atoms with Gasteiger partial charge in [0.1, 0.15) is 0 Å². The highest BCUT2D eigenvalue weighted by Gasteiger charge is 2.20. The second-order valence-corrected chi connectivity index (χ2v) is 6.53. The third-order valence-electron chi connectivity index (χ3n) is 4.55. The zero-order valence-electron chi connectivity index (χ0n) is 15.8. The summed E-state index contributed by atoms with van der Waals surface area (Å²) in [6.07, 6.45) is 8.31. The Labute approximate surface area is 139 Å². The number of nitrogens with one attached hydrogen (secondary N) is 2. The van der Waals surface area contributed by atoms with Gasteiger partial charge in [0.15, 0.2) is 0 Å². The number of likely N-dealkylation sites (N-methyl/N-ethyl adjacent to an activating group) is 1. The standard InChI is InChI=1S/C19H39N3/c1-7-10-14-21-17(5)19(9-3)22(6)15-16(4)18(11-8-2)12-13-20/h13,17,19-21H,7-12,14-15H2,1-6H3/b18-16+,20-13?. The van der Waals surface area contributed by atoms with Crippen molar-refractivity contribution in [2.24, 2.45) is 0 Å². The van der Waals surface area contributed by atoms with Gasteiger partial charge in [-0.2, -0.15) is 0 Å². The lowest BCUT2D eigenvalue weighted by Gasteiger charge is -2.33. The first-order valence-corrected chi connectivity index (χ1v) is 9.11. The molecule has 130 valence electrons. The molecule has 0 bridgehead atoms. The topological polar surface area (TPSA) is 39.1 Å². The van der Waals surface area contributed by atoms with Gasteiger partial charge in [0, 0.05) is 25.0 Å². The van der Waals surface area contributed by atoms with E-state index in [-0.39, 0.29) is 0 Å². The fraction of sp³-hybridized carbons (Fsp3) is 0.842. The zero-order valence-corrected chi connectivity index (χ0v) is 15.8. The monoisotopic (exact) mass is 309 g/mol. The van der Waals surface area contributed by atoms with E-state index >= 15 is 0 Å². The molecule has 0 aliphatic heterocycles. The quantitative estimate of drug-likeness (QED) is 0.296. The van der Waals surface area contributed by atoms with Crippen molar-refractivity contribution in [1.29, 1.82) is 5.41 Å². The van der Waals surface area contributed by atoms with Gasteiger partial charge in [0.25, 0.3) is 0 Å². The zero-order chi connectivity index (χ0) is 17.0. The minimum absolute atomic E-state index is 0.520. The van der Waals surface area contributed by atoms with Gasteiger partial charge in [-0.25, -0.2) is 0 Å². The van der Waals surface area contributed by atoms with Crippen LogP contribution in [0.4, 0.5) is 0 Å². The smallest absolute Gasteiger partial charge is 0.0244 e. The highest BCUT2D eigenvalue weighted by atomic mass is 15.2. The lowest BCUT2D eigenvalue weighted by Crippen LogP contribution is -2.47. The Hall–Kier alpha value is -0.670. The van der Waals surface area contributed by atoms with Crippen LogP contribution >= 0.6 is 0 Å². The minimum atomic E-state index is 0.520. The van der Waals surface area contributed by atoms with Gasteiger partial charge in [-0.15, -0.1) is 0 Å². The third kappa shape index (κ3) is 8.09. The predicted molar refractivity (Wildman–Crippen MR) is 100 cm³/mol. The van der Waals surface area contributed by atoms with E-state index < -0.39 is 0 Å². The van der Waals surface area contributed by atoms with E-state index in [1.54, 1.807) is 6.21 Å². The van der Waals surface area contributed by atoms with Crippen LogP contribution in [0.25, 0.3) is 0 Å². The van der Waals surface area contributed by atoms with E-state index in [2.05, 4.69) is 51.9 Å². The van der Waals surface area contributed by atoms with Crippen molar-refractivity contribution in [3.63, 3.8) is 0 Å². The molecule has 0 heterocycles. The summed E-state index contributed by atoms with van der Waals surface area (Å²) in [5.41, 5.74) is 2.90. The van der Waals surface area contributed by atoms with Gasteiger partial charge in [0.05, 0.1) is 0 Å². The largest absolute Gasteiger partial charge is 0.313 e. The highest BCUT2D eigenvalue weighted by Crippen LogP contribution is 2.17. The number of rotatable bonds is 13. The molecular formula is C19H39N3. The van der Waals surface area contributed by atoms with Crippen molar-refractivity contribution in [2.45, 2.75) is 85.2 Å². The normalized spacial score (nSPS) is 15.6. The van der Waals surface area contributed by atoms with Crippen LogP contribution in [-0.2, 0) is 0 Å². The molecule has 0 spiro atoms. The van der Waals surface area contributed by atoms with Crippen molar-refractivity contribution < 1.29 is 0 Å². The number of nitrogens with zero attached hydrogens (tertiary/aromatic N) is 1. The third-order valence-corrected chi connectivity index (χ3v) is 4.55. The van der Waals surface area contributed by atoms with Gasteiger partial charge in [-0.3, -0.25) is 4.90 Å². The van der Waals surface area contributed by atoms with E-state index in [1.165, 1.54) is 24.0 Å². The highest BCUT2D eigenvalue weighted by molar-refractivity contribution is 5.57. The summed E-state index contributed by atoms with van der Waals surface area (Å²) in [6, 6.07) is 1.08. The van der Waals surface area contributed by atoms with Gasteiger partial charge in [-0.1, -0.05) is 44.8 Å². The van der Waals surface area contributed by atoms with Gasteiger partial charge >= 0.3 is 0 Å². The summed E-state index contributed by atoms with van der Waals surface area (Å²) in [6.45, 7) is 13.4. The van der Waals surface area contributed by atoms with Gasteiger partial charge < -0.3 is 10.7 Å². The van der Waals surface area contributed by atoms with Crippen LogP contribution < -0.4 is 5.32 Å². The molecule has 0 fully saturated rings. The van der Waals surface area contributed by atoms with Crippen molar-refractivity contribution >= 4 is 6.21 Å². The Kier molecular flexibility index (Phi) is 12.4.